The molecule has 102 valence electrons. The molecule has 0 saturated heterocycles. The van der Waals surface area contributed by atoms with Crippen LogP contribution in [-0.4, -0.2) is 16.9 Å². The van der Waals surface area contributed by atoms with Crippen LogP contribution in [0.15, 0.2) is 48.8 Å². The highest BCUT2D eigenvalue weighted by Gasteiger charge is 2.06. The second kappa shape index (κ2) is 6.47. The molecule has 0 unspecified atom stereocenters. The Morgan fingerprint density at radius 2 is 1.95 bits per heavy atom. The maximum atomic E-state index is 11.7. The molecular formula is C15H14N2O3. The van der Waals surface area contributed by atoms with Crippen LogP contribution in [0.5, 0.6) is 0 Å². The third-order valence-corrected chi connectivity index (χ3v) is 2.68. The maximum absolute atomic E-state index is 11.7. The zero-order valence-corrected chi connectivity index (χ0v) is 10.8. The zero-order valence-electron chi connectivity index (χ0n) is 10.8. The second-order valence-corrected chi connectivity index (χ2v) is 4.26. The van der Waals surface area contributed by atoms with Gasteiger partial charge >= 0.3 is 5.97 Å². The Bertz CT molecular complexity index is 612. The highest BCUT2D eigenvalue weighted by molar-refractivity contribution is 5.92. The van der Waals surface area contributed by atoms with Gasteiger partial charge in [0.05, 0.1) is 6.42 Å². The number of carbonyl (C=O) groups excluding carboxylic acids is 2. The van der Waals surface area contributed by atoms with Crippen molar-refractivity contribution >= 4 is 11.9 Å². The summed E-state index contributed by atoms with van der Waals surface area (Å²) < 4.78 is 5.15. The molecular weight excluding hydrogens is 256 g/mol. The van der Waals surface area contributed by atoms with E-state index in [2.05, 4.69) is 4.98 Å². The summed E-state index contributed by atoms with van der Waals surface area (Å²) in [6, 6.07) is 10.3. The van der Waals surface area contributed by atoms with Crippen molar-refractivity contribution < 1.29 is 14.3 Å². The van der Waals surface area contributed by atoms with Gasteiger partial charge in [0, 0.05) is 18.0 Å². The van der Waals surface area contributed by atoms with Crippen molar-refractivity contribution in [3.05, 3.63) is 65.5 Å². The van der Waals surface area contributed by atoms with Crippen LogP contribution in [0, 0.1) is 0 Å². The molecule has 0 bridgehead atoms. The van der Waals surface area contributed by atoms with E-state index in [0.717, 1.165) is 11.1 Å². The van der Waals surface area contributed by atoms with Crippen LogP contribution < -0.4 is 5.73 Å². The van der Waals surface area contributed by atoms with Crippen LogP contribution >= 0.6 is 0 Å². The summed E-state index contributed by atoms with van der Waals surface area (Å²) >= 11 is 0. The minimum atomic E-state index is -0.506. The van der Waals surface area contributed by atoms with E-state index in [9.17, 15) is 9.59 Å². The van der Waals surface area contributed by atoms with Crippen molar-refractivity contribution in [3.63, 3.8) is 0 Å². The van der Waals surface area contributed by atoms with Crippen LogP contribution in [0.2, 0.25) is 0 Å². The van der Waals surface area contributed by atoms with E-state index in [-0.39, 0.29) is 19.0 Å². The van der Waals surface area contributed by atoms with Crippen molar-refractivity contribution in [1.29, 1.82) is 0 Å². The minimum absolute atomic E-state index is 0.111. The number of primary amides is 1. The van der Waals surface area contributed by atoms with Gasteiger partial charge in [-0.05, 0) is 29.3 Å². The molecule has 0 spiro atoms. The topological polar surface area (TPSA) is 82.3 Å². The lowest BCUT2D eigenvalue weighted by atomic mass is 10.1. The van der Waals surface area contributed by atoms with E-state index in [0.29, 0.717) is 5.56 Å². The Kier molecular flexibility index (Phi) is 4.44. The molecule has 5 heteroatoms. The van der Waals surface area contributed by atoms with Crippen molar-refractivity contribution in [2.45, 2.75) is 13.0 Å². The molecule has 0 atom stereocenters. The van der Waals surface area contributed by atoms with E-state index >= 15 is 0 Å². The number of benzene rings is 1. The molecule has 0 radical (unpaired) electrons. The first-order chi connectivity index (χ1) is 9.65. The number of ether oxygens (including phenoxy) is 1. The van der Waals surface area contributed by atoms with Crippen LogP contribution in [0.1, 0.15) is 21.5 Å². The first-order valence-corrected chi connectivity index (χ1v) is 6.08. The van der Waals surface area contributed by atoms with E-state index in [1.807, 2.05) is 6.07 Å². The van der Waals surface area contributed by atoms with Gasteiger partial charge in [0.2, 0.25) is 5.91 Å². The largest absolute Gasteiger partial charge is 0.461 e. The third kappa shape index (κ3) is 3.91. The summed E-state index contributed by atoms with van der Waals surface area (Å²) in [5.41, 5.74) is 7.10. The van der Waals surface area contributed by atoms with Crippen LogP contribution in [0.4, 0.5) is 0 Å². The third-order valence-electron chi connectivity index (χ3n) is 2.68. The van der Waals surface area contributed by atoms with Gasteiger partial charge in [0.15, 0.2) is 0 Å². The molecule has 0 saturated carbocycles. The second-order valence-electron chi connectivity index (χ2n) is 4.26. The molecule has 0 aliphatic rings. The molecule has 1 aromatic carbocycles. The van der Waals surface area contributed by atoms with Gasteiger partial charge < -0.3 is 10.5 Å². The predicted octanol–water partition coefficient (Wildman–Crippen LogP) is 1.47. The average Bonchev–Trinajstić information content (AvgIpc) is 2.46. The van der Waals surface area contributed by atoms with Gasteiger partial charge in [-0.15, -0.1) is 0 Å². The lowest BCUT2D eigenvalue weighted by molar-refractivity contribution is -0.144. The highest BCUT2D eigenvalue weighted by atomic mass is 16.5. The van der Waals surface area contributed by atoms with Crippen LogP contribution in [-0.2, 0) is 22.6 Å². The Hall–Kier alpha value is -2.69. The first-order valence-electron chi connectivity index (χ1n) is 6.08. The number of carbonyl (C=O) groups is 2. The molecule has 1 heterocycles. The number of nitrogens with two attached hydrogens (primary N) is 1. The maximum Gasteiger partial charge on any atom is 0.310 e. The van der Waals surface area contributed by atoms with Gasteiger partial charge in [-0.3, -0.25) is 14.6 Å². The molecule has 1 amide bonds. The molecule has 5 nitrogen and oxygen atoms in total. The lowest BCUT2D eigenvalue weighted by Crippen LogP contribution is -2.12. The van der Waals surface area contributed by atoms with E-state index in [4.69, 9.17) is 10.5 Å². The number of amides is 1. The molecule has 2 aromatic rings. The van der Waals surface area contributed by atoms with Gasteiger partial charge in [-0.25, -0.2) is 0 Å². The Morgan fingerprint density at radius 3 is 2.65 bits per heavy atom. The van der Waals surface area contributed by atoms with Crippen molar-refractivity contribution in [3.8, 4) is 0 Å². The van der Waals surface area contributed by atoms with Gasteiger partial charge in [0.25, 0.3) is 0 Å². The number of pyridine rings is 1. The number of hydrogen-bond acceptors (Lipinski definition) is 4. The zero-order chi connectivity index (χ0) is 14.4. The molecule has 2 rings (SSSR count). The summed E-state index contributed by atoms with van der Waals surface area (Å²) in [7, 11) is 0. The summed E-state index contributed by atoms with van der Waals surface area (Å²) in [5, 5.41) is 0. The lowest BCUT2D eigenvalue weighted by Gasteiger charge is -2.06. The molecule has 2 N–H and O–H groups in total. The number of rotatable bonds is 5. The Labute approximate surface area is 116 Å². The smallest absolute Gasteiger partial charge is 0.310 e. The van der Waals surface area contributed by atoms with E-state index in [1.165, 1.54) is 0 Å². The first kappa shape index (κ1) is 13.7. The van der Waals surface area contributed by atoms with E-state index in [1.54, 1.807) is 42.7 Å². The quantitative estimate of drug-likeness (QED) is 0.834. The fourth-order valence-electron chi connectivity index (χ4n) is 1.70. The normalized spacial score (nSPS) is 10.0. The standard InChI is InChI=1S/C15H14N2O3/c16-15(19)13-5-1-3-12(7-13)10-20-14(18)8-11-4-2-6-17-9-11/h1-7,9H,8,10H2,(H2,16,19). The number of hydrogen-bond donors (Lipinski definition) is 1. The number of aromatic nitrogens is 1. The predicted molar refractivity (Wildman–Crippen MR) is 72.7 cm³/mol. The summed E-state index contributed by atoms with van der Waals surface area (Å²) in [5.74, 6) is -0.851. The summed E-state index contributed by atoms with van der Waals surface area (Å²) in [6.45, 7) is 0.111. The van der Waals surface area contributed by atoms with Crippen molar-refractivity contribution in [2.24, 2.45) is 5.73 Å². The van der Waals surface area contributed by atoms with Gasteiger partial charge in [-0.2, -0.15) is 0 Å². The molecule has 20 heavy (non-hydrogen) atoms. The molecule has 1 aromatic heterocycles. The number of esters is 1. The van der Waals surface area contributed by atoms with Crippen LogP contribution in [0.3, 0.4) is 0 Å². The monoisotopic (exact) mass is 270 g/mol. The average molecular weight is 270 g/mol. The van der Waals surface area contributed by atoms with Gasteiger partial charge in [0.1, 0.15) is 6.61 Å². The molecule has 0 fully saturated rings. The van der Waals surface area contributed by atoms with Crippen molar-refractivity contribution in [1.82, 2.24) is 4.98 Å². The SMILES string of the molecule is NC(=O)c1cccc(COC(=O)Cc2cccnc2)c1. The summed E-state index contributed by atoms with van der Waals surface area (Å²) in [6.07, 6.45) is 3.43. The Balaban J connectivity index is 1.90. The number of nitrogens with zero attached hydrogens (tertiary/aromatic N) is 1. The fraction of sp³-hybridized carbons (Fsp3) is 0.133. The van der Waals surface area contributed by atoms with E-state index < -0.39 is 5.91 Å². The highest BCUT2D eigenvalue weighted by Crippen LogP contribution is 2.07. The Morgan fingerprint density at radius 1 is 1.15 bits per heavy atom. The fourth-order valence-corrected chi connectivity index (χ4v) is 1.70. The minimum Gasteiger partial charge on any atom is -0.461 e. The molecule has 0 aliphatic heterocycles. The molecule has 0 aliphatic carbocycles. The van der Waals surface area contributed by atoms with Gasteiger partial charge in [-0.1, -0.05) is 18.2 Å². The summed E-state index contributed by atoms with van der Waals surface area (Å²) in [4.78, 5) is 26.6. The van der Waals surface area contributed by atoms with Crippen molar-refractivity contribution in [2.75, 3.05) is 0 Å². The van der Waals surface area contributed by atoms with Crippen LogP contribution in [0.25, 0.3) is 0 Å².